The highest BCUT2D eigenvalue weighted by Crippen LogP contribution is 2.45. The highest BCUT2D eigenvalue weighted by molar-refractivity contribution is 9.10. The maximum absolute atomic E-state index is 12.5. The maximum Gasteiger partial charge on any atom is 0.244 e. The van der Waals surface area contributed by atoms with Crippen LogP contribution >= 0.6 is 27.7 Å². The monoisotopic (exact) mass is 333 g/mol. The second kappa shape index (κ2) is 5.02. The van der Waals surface area contributed by atoms with Crippen LogP contribution in [0.4, 0.5) is 5.69 Å². The molecule has 96 valence electrons. The van der Waals surface area contributed by atoms with Crippen molar-refractivity contribution in [2.24, 2.45) is 0 Å². The Labute approximate surface area is 124 Å². The molecule has 0 N–H and O–H groups in total. The van der Waals surface area contributed by atoms with Gasteiger partial charge in [0.05, 0.1) is 5.69 Å². The minimum Gasteiger partial charge on any atom is -0.313 e. The van der Waals surface area contributed by atoms with Crippen LogP contribution in [0.5, 0.6) is 0 Å². The minimum atomic E-state index is -0.159. The van der Waals surface area contributed by atoms with Crippen LogP contribution in [0.3, 0.4) is 0 Å². The molecule has 3 rings (SSSR count). The lowest BCUT2D eigenvalue weighted by atomic mass is 10.1. The van der Waals surface area contributed by atoms with E-state index in [4.69, 9.17) is 0 Å². The summed E-state index contributed by atoms with van der Waals surface area (Å²) in [5.41, 5.74) is 2.03. The Morgan fingerprint density at radius 3 is 2.53 bits per heavy atom. The van der Waals surface area contributed by atoms with E-state index < -0.39 is 0 Å². The molecule has 1 aliphatic rings. The smallest absolute Gasteiger partial charge is 0.244 e. The molecule has 0 bridgehead atoms. The van der Waals surface area contributed by atoms with Crippen molar-refractivity contribution in [2.45, 2.75) is 10.1 Å². The van der Waals surface area contributed by atoms with Crippen LogP contribution in [0.1, 0.15) is 10.8 Å². The standard InChI is InChI=1S/C15H12BrNOS/c1-17-12-4-2-3-5-13(12)19-14(15(17)18)10-6-8-11(16)9-7-10/h2-9,14H,1H3. The number of amides is 1. The van der Waals surface area contributed by atoms with E-state index in [1.54, 1.807) is 16.7 Å². The van der Waals surface area contributed by atoms with E-state index >= 15 is 0 Å². The van der Waals surface area contributed by atoms with Crippen molar-refractivity contribution in [3.8, 4) is 0 Å². The molecule has 0 saturated carbocycles. The van der Waals surface area contributed by atoms with Crippen molar-refractivity contribution in [3.63, 3.8) is 0 Å². The van der Waals surface area contributed by atoms with Crippen molar-refractivity contribution in [2.75, 3.05) is 11.9 Å². The lowest BCUT2D eigenvalue weighted by Gasteiger charge is -2.31. The molecule has 0 aliphatic carbocycles. The first-order valence-corrected chi connectivity index (χ1v) is 7.63. The van der Waals surface area contributed by atoms with Gasteiger partial charge in [-0.05, 0) is 29.8 Å². The number of rotatable bonds is 1. The van der Waals surface area contributed by atoms with Crippen LogP contribution in [0.25, 0.3) is 0 Å². The summed E-state index contributed by atoms with van der Waals surface area (Å²) in [6, 6.07) is 16.0. The largest absolute Gasteiger partial charge is 0.313 e. The second-order valence-electron chi connectivity index (χ2n) is 4.41. The van der Waals surface area contributed by atoms with E-state index in [1.807, 2.05) is 49.5 Å². The molecular formula is C15H12BrNOS. The van der Waals surface area contributed by atoms with Crippen LogP contribution < -0.4 is 4.90 Å². The van der Waals surface area contributed by atoms with E-state index in [9.17, 15) is 4.79 Å². The topological polar surface area (TPSA) is 20.3 Å². The van der Waals surface area contributed by atoms with Crippen molar-refractivity contribution in [3.05, 3.63) is 58.6 Å². The van der Waals surface area contributed by atoms with Crippen LogP contribution in [0.2, 0.25) is 0 Å². The van der Waals surface area contributed by atoms with Gasteiger partial charge in [-0.25, -0.2) is 0 Å². The van der Waals surface area contributed by atoms with Gasteiger partial charge < -0.3 is 4.90 Å². The van der Waals surface area contributed by atoms with E-state index in [-0.39, 0.29) is 11.2 Å². The number of thioether (sulfide) groups is 1. The Balaban J connectivity index is 2.01. The number of hydrogen-bond donors (Lipinski definition) is 0. The van der Waals surface area contributed by atoms with E-state index in [0.717, 1.165) is 20.6 Å². The van der Waals surface area contributed by atoms with Crippen molar-refractivity contribution in [1.29, 1.82) is 0 Å². The molecule has 0 radical (unpaired) electrons. The summed E-state index contributed by atoms with van der Waals surface area (Å²) in [4.78, 5) is 15.4. The lowest BCUT2D eigenvalue weighted by molar-refractivity contribution is -0.118. The number of fused-ring (bicyclic) bond motifs is 1. The molecule has 1 atom stereocenters. The van der Waals surface area contributed by atoms with Gasteiger partial charge in [-0.1, -0.05) is 40.2 Å². The zero-order chi connectivity index (χ0) is 13.4. The first kappa shape index (κ1) is 12.8. The number of anilines is 1. The molecule has 1 aliphatic heterocycles. The highest BCUT2D eigenvalue weighted by Gasteiger charge is 2.32. The van der Waals surface area contributed by atoms with Gasteiger partial charge in [0.25, 0.3) is 0 Å². The molecular weight excluding hydrogens is 322 g/mol. The Bertz CT molecular complexity index is 626. The number of carbonyl (C=O) groups is 1. The number of benzene rings is 2. The number of nitrogens with zero attached hydrogens (tertiary/aromatic N) is 1. The molecule has 1 unspecified atom stereocenters. The van der Waals surface area contributed by atoms with Gasteiger partial charge in [0, 0.05) is 16.4 Å². The summed E-state index contributed by atoms with van der Waals surface area (Å²) in [5, 5.41) is -0.159. The van der Waals surface area contributed by atoms with Crippen LogP contribution in [0, 0.1) is 0 Å². The van der Waals surface area contributed by atoms with Gasteiger partial charge in [0.15, 0.2) is 0 Å². The molecule has 0 spiro atoms. The first-order valence-electron chi connectivity index (χ1n) is 5.95. The van der Waals surface area contributed by atoms with E-state index in [2.05, 4.69) is 22.0 Å². The Hall–Kier alpha value is -1.26. The molecule has 0 fully saturated rings. The predicted octanol–water partition coefficient (Wildman–Crippen LogP) is 4.26. The lowest BCUT2D eigenvalue weighted by Crippen LogP contribution is -2.33. The third kappa shape index (κ3) is 2.30. The molecule has 2 nitrogen and oxygen atoms in total. The molecule has 4 heteroatoms. The molecule has 1 heterocycles. The maximum atomic E-state index is 12.5. The number of likely N-dealkylation sites (N-methyl/N-ethyl adjacent to an activating group) is 1. The zero-order valence-electron chi connectivity index (χ0n) is 10.3. The van der Waals surface area contributed by atoms with Gasteiger partial charge in [-0.15, -0.1) is 11.8 Å². The highest BCUT2D eigenvalue weighted by atomic mass is 79.9. The minimum absolute atomic E-state index is 0.131. The normalized spacial score (nSPS) is 18.3. The Morgan fingerprint density at radius 1 is 1.11 bits per heavy atom. The average Bonchev–Trinajstić information content (AvgIpc) is 2.44. The van der Waals surface area contributed by atoms with Crippen LogP contribution in [0.15, 0.2) is 57.9 Å². The Kier molecular flexibility index (Phi) is 3.37. The van der Waals surface area contributed by atoms with Crippen LogP contribution in [-0.4, -0.2) is 13.0 Å². The second-order valence-corrected chi connectivity index (χ2v) is 6.48. The SMILES string of the molecule is CN1C(=O)C(c2ccc(Br)cc2)Sc2ccccc21. The molecule has 1 amide bonds. The third-order valence-corrected chi connectivity index (χ3v) is 5.04. The third-order valence-electron chi connectivity index (χ3n) is 3.20. The number of halogens is 1. The summed E-state index contributed by atoms with van der Waals surface area (Å²) in [6.45, 7) is 0. The Morgan fingerprint density at radius 2 is 1.79 bits per heavy atom. The van der Waals surface area contributed by atoms with Crippen LogP contribution in [-0.2, 0) is 4.79 Å². The fourth-order valence-corrected chi connectivity index (χ4v) is 3.71. The molecule has 19 heavy (non-hydrogen) atoms. The van der Waals surface area contributed by atoms with Gasteiger partial charge in [-0.3, -0.25) is 4.79 Å². The van der Waals surface area contributed by atoms with Crippen molar-refractivity contribution >= 4 is 39.3 Å². The number of hydrogen-bond acceptors (Lipinski definition) is 2. The summed E-state index contributed by atoms with van der Waals surface area (Å²) >= 11 is 5.04. The number of carbonyl (C=O) groups excluding carboxylic acids is 1. The van der Waals surface area contributed by atoms with Crippen molar-refractivity contribution < 1.29 is 4.79 Å². The summed E-state index contributed by atoms with van der Waals surface area (Å²) < 4.78 is 1.03. The fraction of sp³-hybridized carbons (Fsp3) is 0.133. The van der Waals surface area contributed by atoms with Gasteiger partial charge in [0.1, 0.15) is 5.25 Å². The van der Waals surface area contributed by atoms with E-state index in [0.29, 0.717) is 0 Å². The zero-order valence-corrected chi connectivity index (χ0v) is 12.7. The first-order chi connectivity index (χ1) is 9.16. The molecule has 0 aromatic heterocycles. The average molecular weight is 334 g/mol. The fourth-order valence-electron chi connectivity index (χ4n) is 2.15. The summed E-state index contributed by atoms with van der Waals surface area (Å²) in [6.07, 6.45) is 0. The quantitative estimate of drug-likeness (QED) is 0.777. The van der Waals surface area contributed by atoms with E-state index in [1.165, 1.54) is 0 Å². The van der Waals surface area contributed by atoms with Crippen molar-refractivity contribution in [1.82, 2.24) is 0 Å². The molecule has 0 saturated heterocycles. The number of para-hydroxylation sites is 1. The summed E-state index contributed by atoms with van der Waals surface area (Å²) in [5.74, 6) is 0.131. The summed E-state index contributed by atoms with van der Waals surface area (Å²) in [7, 11) is 1.84. The molecule has 2 aromatic carbocycles. The predicted molar refractivity (Wildman–Crippen MR) is 82.6 cm³/mol. The van der Waals surface area contributed by atoms with Gasteiger partial charge in [0.2, 0.25) is 5.91 Å². The van der Waals surface area contributed by atoms with Gasteiger partial charge in [-0.2, -0.15) is 0 Å². The van der Waals surface area contributed by atoms with Gasteiger partial charge >= 0.3 is 0 Å². The molecule has 2 aromatic rings.